The SMILES string of the molecule is CN(C)C(=O)n1cc2c(n1)CCCN(c1nc(OC[C@@]34CCCN3C[C@H](F)C4)nc3c(F)c(-c4ccc(F)c5sc(NC(=O)O)c(C#N)c45)c(Cl)cc13)C2. The number of carboxylic acid groups (broad SMARTS) is 1. The summed E-state index contributed by atoms with van der Waals surface area (Å²) in [5.74, 6) is -1.32. The van der Waals surface area contributed by atoms with Crippen molar-refractivity contribution in [3.05, 3.63) is 57.9 Å². The van der Waals surface area contributed by atoms with Gasteiger partial charge in [0, 0.05) is 68.2 Å². The van der Waals surface area contributed by atoms with Gasteiger partial charge in [-0.25, -0.2) is 22.8 Å². The van der Waals surface area contributed by atoms with Gasteiger partial charge in [-0.15, -0.1) is 11.3 Å². The molecule has 8 rings (SSSR count). The summed E-state index contributed by atoms with van der Waals surface area (Å²) in [7, 11) is 3.27. The molecular formula is C36H33ClF3N9O4S. The summed E-state index contributed by atoms with van der Waals surface area (Å²) in [5, 5.41) is 26.1. The first kappa shape index (κ1) is 35.8. The molecule has 13 nitrogen and oxygen atoms in total. The number of hydrogen-bond donors (Lipinski definition) is 2. The van der Waals surface area contributed by atoms with Crippen LogP contribution in [0.15, 0.2) is 24.4 Å². The lowest BCUT2D eigenvalue weighted by Gasteiger charge is -2.31. The third-order valence-electron chi connectivity index (χ3n) is 10.4. The van der Waals surface area contributed by atoms with Gasteiger partial charge in [0.15, 0.2) is 5.82 Å². The average Bonchev–Trinajstić information content (AvgIpc) is 3.85. The number of fused-ring (bicyclic) bond motifs is 4. The van der Waals surface area contributed by atoms with Gasteiger partial charge < -0.3 is 19.6 Å². The van der Waals surface area contributed by atoms with Crippen LogP contribution >= 0.6 is 22.9 Å². The van der Waals surface area contributed by atoms with E-state index in [2.05, 4.69) is 20.3 Å². The lowest BCUT2D eigenvalue weighted by molar-refractivity contribution is 0.107. The molecule has 280 valence electrons. The fourth-order valence-electron chi connectivity index (χ4n) is 8.03. The van der Waals surface area contributed by atoms with Crippen LogP contribution in [0.2, 0.25) is 5.02 Å². The predicted molar refractivity (Wildman–Crippen MR) is 196 cm³/mol. The molecule has 0 aliphatic carbocycles. The van der Waals surface area contributed by atoms with E-state index in [4.69, 9.17) is 21.3 Å². The third-order valence-corrected chi connectivity index (χ3v) is 11.8. The van der Waals surface area contributed by atoms with Crippen LogP contribution in [0.5, 0.6) is 6.01 Å². The number of carbonyl (C=O) groups excluding carboxylic acids is 1. The zero-order chi connectivity index (χ0) is 38.1. The zero-order valence-corrected chi connectivity index (χ0v) is 30.7. The number of amides is 2. The van der Waals surface area contributed by atoms with E-state index in [0.717, 1.165) is 36.7 Å². The highest BCUT2D eigenvalue weighted by Gasteiger charge is 2.49. The zero-order valence-electron chi connectivity index (χ0n) is 29.1. The molecule has 3 aliphatic heterocycles. The Balaban J connectivity index is 1.29. The van der Waals surface area contributed by atoms with Gasteiger partial charge in [0.05, 0.1) is 26.5 Å². The third kappa shape index (κ3) is 6.02. The summed E-state index contributed by atoms with van der Waals surface area (Å²) in [6.45, 7) is 1.88. The molecule has 18 heteroatoms. The molecule has 2 amide bonds. The summed E-state index contributed by atoms with van der Waals surface area (Å²) in [5.41, 5.74) is 0.510. The normalized spacial score (nSPS) is 19.8. The van der Waals surface area contributed by atoms with Crippen molar-refractivity contribution in [3.63, 3.8) is 0 Å². The Morgan fingerprint density at radius 3 is 2.81 bits per heavy atom. The monoisotopic (exact) mass is 779 g/mol. The Hall–Kier alpha value is -5.18. The first-order chi connectivity index (χ1) is 25.9. The fourth-order valence-corrected chi connectivity index (χ4v) is 9.39. The Bertz CT molecular complexity index is 2420. The molecule has 0 unspecified atom stereocenters. The number of benzene rings is 2. The number of nitriles is 1. The Kier molecular flexibility index (Phi) is 9.02. The van der Waals surface area contributed by atoms with E-state index in [1.165, 1.54) is 21.7 Å². The van der Waals surface area contributed by atoms with Gasteiger partial charge in [0.1, 0.15) is 41.0 Å². The molecule has 2 saturated heterocycles. The second kappa shape index (κ2) is 13.6. The van der Waals surface area contributed by atoms with Gasteiger partial charge in [-0.3, -0.25) is 10.2 Å². The number of carbonyl (C=O) groups is 2. The van der Waals surface area contributed by atoms with Crippen LogP contribution in [-0.4, -0.2) is 98.8 Å². The number of nitrogens with one attached hydrogen (secondary N) is 1. The Morgan fingerprint density at radius 2 is 2.06 bits per heavy atom. The van der Waals surface area contributed by atoms with Gasteiger partial charge in [-0.1, -0.05) is 17.7 Å². The van der Waals surface area contributed by atoms with E-state index >= 15 is 8.78 Å². The van der Waals surface area contributed by atoms with Crippen LogP contribution in [0, 0.1) is 23.0 Å². The molecule has 0 radical (unpaired) electrons. The van der Waals surface area contributed by atoms with Gasteiger partial charge in [-0.2, -0.15) is 25.0 Å². The number of rotatable bonds is 6. The number of alkyl halides is 1. The Labute approximate surface area is 315 Å². The minimum absolute atomic E-state index is 0.0103. The van der Waals surface area contributed by atoms with Crippen LogP contribution in [-0.2, 0) is 13.0 Å². The number of thiophene rings is 1. The molecule has 2 atom stereocenters. The van der Waals surface area contributed by atoms with E-state index in [1.54, 1.807) is 20.3 Å². The summed E-state index contributed by atoms with van der Waals surface area (Å²) in [4.78, 5) is 39.0. The molecular weight excluding hydrogens is 747 g/mol. The summed E-state index contributed by atoms with van der Waals surface area (Å²) in [6, 6.07) is 5.37. The first-order valence-corrected chi connectivity index (χ1v) is 18.5. The maximum absolute atomic E-state index is 17.3. The molecule has 2 aromatic carbocycles. The van der Waals surface area contributed by atoms with Gasteiger partial charge in [0.2, 0.25) is 0 Å². The van der Waals surface area contributed by atoms with E-state index in [0.29, 0.717) is 49.5 Å². The summed E-state index contributed by atoms with van der Waals surface area (Å²) < 4.78 is 54.6. The molecule has 6 heterocycles. The quantitative estimate of drug-likeness (QED) is 0.184. The van der Waals surface area contributed by atoms with Crippen molar-refractivity contribution in [2.45, 2.75) is 50.4 Å². The topological polar surface area (TPSA) is 153 Å². The Morgan fingerprint density at radius 1 is 1.24 bits per heavy atom. The van der Waals surface area contributed by atoms with Crippen molar-refractivity contribution in [2.75, 3.05) is 50.6 Å². The van der Waals surface area contributed by atoms with E-state index in [-0.39, 0.29) is 72.9 Å². The first-order valence-electron chi connectivity index (χ1n) is 17.3. The molecule has 0 saturated carbocycles. The molecule has 2 fully saturated rings. The van der Waals surface area contributed by atoms with E-state index in [1.807, 2.05) is 11.0 Å². The lowest BCUT2D eigenvalue weighted by atomic mass is 9.95. The maximum atomic E-state index is 17.3. The number of nitrogens with zero attached hydrogens (tertiary/aromatic N) is 8. The second-order valence-corrected chi connectivity index (χ2v) is 15.5. The maximum Gasteiger partial charge on any atom is 0.409 e. The minimum Gasteiger partial charge on any atom is -0.465 e. The van der Waals surface area contributed by atoms with Crippen molar-refractivity contribution in [1.29, 1.82) is 5.26 Å². The number of aromatic nitrogens is 4. The van der Waals surface area contributed by atoms with Crippen molar-refractivity contribution < 1.29 is 32.6 Å². The highest BCUT2D eigenvalue weighted by atomic mass is 35.5. The molecule has 5 aromatic rings. The molecule has 0 spiro atoms. The average molecular weight is 780 g/mol. The van der Waals surface area contributed by atoms with Crippen LogP contribution in [0.25, 0.3) is 32.1 Å². The summed E-state index contributed by atoms with van der Waals surface area (Å²) in [6.07, 6.45) is 2.34. The molecule has 3 aromatic heterocycles. The standard InChI is InChI=1S/C36H33ClF3N9O4S/c1-46(2)35(52)49-15-18-14-47(9-3-5-25(18)45-49)31-21-11-23(37)27(20-6-7-24(39)30-26(20)22(13-41)32(54-30)44-34(50)51)28(40)29(21)42-33(43-31)53-17-36-8-4-10-48(36)16-19(38)12-36/h6-7,11,15,19,44H,3-5,8-10,12,14,16-17H2,1-2H3,(H,50,51)/t19-,36+/m1/s1. The van der Waals surface area contributed by atoms with Crippen LogP contribution in [0.4, 0.5) is 33.6 Å². The van der Waals surface area contributed by atoms with Crippen LogP contribution in [0.1, 0.15) is 42.5 Å². The van der Waals surface area contributed by atoms with Crippen molar-refractivity contribution in [3.8, 4) is 23.2 Å². The number of halogens is 4. The van der Waals surface area contributed by atoms with E-state index in [9.17, 15) is 24.3 Å². The molecule has 54 heavy (non-hydrogen) atoms. The summed E-state index contributed by atoms with van der Waals surface area (Å²) >= 11 is 7.61. The minimum atomic E-state index is -1.45. The molecule has 3 aliphatic rings. The number of ether oxygens (including phenoxy) is 1. The highest BCUT2D eigenvalue weighted by molar-refractivity contribution is 7.23. The van der Waals surface area contributed by atoms with Gasteiger partial charge in [-0.05, 0) is 49.9 Å². The van der Waals surface area contributed by atoms with Gasteiger partial charge >= 0.3 is 18.1 Å². The van der Waals surface area contributed by atoms with Crippen molar-refractivity contribution in [2.24, 2.45) is 0 Å². The van der Waals surface area contributed by atoms with Crippen molar-refractivity contribution >= 4 is 66.9 Å². The molecule has 0 bridgehead atoms. The smallest absolute Gasteiger partial charge is 0.409 e. The van der Waals surface area contributed by atoms with Gasteiger partial charge in [0.25, 0.3) is 0 Å². The van der Waals surface area contributed by atoms with E-state index < -0.39 is 29.4 Å². The lowest BCUT2D eigenvalue weighted by Crippen LogP contribution is -2.43. The largest absolute Gasteiger partial charge is 0.465 e. The number of aryl methyl sites for hydroxylation is 1. The van der Waals surface area contributed by atoms with Crippen molar-refractivity contribution in [1.82, 2.24) is 29.5 Å². The number of anilines is 2. The fraction of sp³-hybridized carbons (Fsp3) is 0.389. The highest BCUT2D eigenvalue weighted by Crippen LogP contribution is 2.47. The van der Waals surface area contributed by atoms with Crippen LogP contribution in [0.3, 0.4) is 0 Å². The predicted octanol–water partition coefficient (Wildman–Crippen LogP) is 7.04. The molecule has 2 N–H and O–H groups in total. The second-order valence-electron chi connectivity index (χ2n) is 14.0. The van der Waals surface area contributed by atoms with Crippen LogP contribution < -0.4 is 15.0 Å². The number of hydrogen-bond acceptors (Lipinski definition) is 10.